The van der Waals surface area contributed by atoms with E-state index in [9.17, 15) is 9.59 Å². The number of ether oxygens (including phenoxy) is 2. The summed E-state index contributed by atoms with van der Waals surface area (Å²) in [7, 11) is 0. The zero-order valence-electron chi connectivity index (χ0n) is 13.7. The van der Waals surface area contributed by atoms with Gasteiger partial charge in [0.1, 0.15) is 17.5 Å². The van der Waals surface area contributed by atoms with Gasteiger partial charge in [0, 0.05) is 23.4 Å². The molecule has 1 aliphatic rings. The van der Waals surface area contributed by atoms with Crippen LogP contribution >= 0.6 is 11.6 Å². The Labute approximate surface area is 144 Å². The van der Waals surface area contributed by atoms with Crippen LogP contribution in [0.1, 0.15) is 26.3 Å². The molecule has 24 heavy (non-hydrogen) atoms. The first kappa shape index (κ1) is 16.6. The lowest BCUT2D eigenvalue weighted by atomic mass is 10.1. The number of nitrogens with one attached hydrogen (secondary N) is 2. The van der Waals surface area contributed by atoms with E-state index in [0.717, 1.165) is 10.9 Å². The van der Waals surface area contributed by atoms with Crippen molar-refractivity contribution < 1.29 is 14.3 Å². The normalized spacial score (nSPS) is 16.6. The molecule has 1 aromatic heterocycles. The summed E-state index contributed by atoms with van der Waals surface area (Å²) in [4.78, 5) is 25.9. The molecule has 0 aliphatic carbocycles. The topological polar surface area (TPSA) is 80.4 Å². The van der Waals surface area contributed by atoms with Gasteiger partial charge in [-0.3, -0.25) is 4.79 Å². The smallest absolute Gasteiger partial charge is 0.407 e. The summed E-state index contributed by atoms with van der Waals surface area (Å²) in [5, 5.41) is 3.95. The van der Waals surface area contributed by atoms with E-state index in [0.29, 0.717) is 29.3 Å². The highest BCUT2D eigenvalue weighted by Gasteiger charge is 2.27. The van der Waals surface area contributed by atoms with Gasteiger partial charge in [0.25, 0.3) is 0 Å². The van der Waals surface area contributed by atoms with Crippen LogP contribution < -0.4 is 15.6 Å². The molecular weight excluding hydrogens is 332 g/mol. The number of H-pyrrole nitrogens is 1. The molecule has 2 N–H and O–H groups in total. The van der Waals surface area contributed by atoms with E-state index >= 15 is 0 Å². The first-order valence-corrected chi connectivity index (χ1v) is 8.08. The fourth-order valence-electron chi connectivity index (χ4n) is 2.69. The molecule has 1 amide bonds. The van der Waals surface area contributed by atoms with Crippen molar-refractivity contribution in [1.29, 1.82) is 0 Å². The van der Waals surface area contributed by atoms with E-state index in [-0.39, 0.29) is 11.7 Å². The van der Waals surface area contributed by atoms with Crippen LogP contribution in [0.3, 0.4) is 0 Å². The SMILES string of the molecule is CC(C)(C)OC(=O)NCC1Cc2cc(Cl)c3[nH]c(=O)ccc3c2O1. The summed E-state index contributed by atoms with van der Waals surface area (Å²) in [6.07, 6.45) is -0.0599. The number of carbonyl (C=O) groups is 1. The van der Waals surface area contributed by atoms with Crippen LogP contribution in [-0.2, 0) is 11.2 Å². The van der Waals surface area contributed by atoms with Gasteiger partial charge in [-0.2, -0.15) is 0 Å². The van der Waals surface area contributed by atoms with Crippen LogP contribution in [0.2, 0.25) is 5.02 Å². The average molecular weight is 351 g/mol. The predicted molar refractivity (Wildman–Crippen MR) is 91.9 cm³/mol. The maximum atomic E-state index is 11.7. The van der Waals surface area contributed by atoms with Crippen molar-refractivity contribution in [2.75, 3.05) is 6.54 Å². The lowest BCUT2D eigenvalue weighted by molar-refractivity contribution is 0.0506. The van der Waals surface area contributed by atoms with Gasteiger partial charge in [0.2, 0.25) is 5.56 Å². The van der Waals surface area contributed by atoms with Crippen molar-refractivity contribution in [3.8, 4) is 5.75 Å². The van der Waals surface area contributed by atoms with E-state index in [1.165, 1.54) is 6.07 Å². The fraction of sp³-hybridized carbons (Fsp3) is 0.412. The lowest BCUT2D eigenvalue weighted by Crippen LogP contribution is -2.38. The molecule has 0 fully saturated rings. The number of aromatic nitrogens is 1. The van der Waals surface area contributed by atoms with Gasteiger partial charge in [-0.05, 0) is 32.9 Å². The summed E-state index contributed by atoms with van der Waals surface area (Å²) in [5.41, 5.74) is 0.754. The van der Waals surface area contributed by atoms with E-state index < -0.39 is 11.7 Å². The minimum atomic E-state index is -0.542. The highest BCUT2D eigenvalue weighted by Crippen LogP contribution is 2.38. The Morgan fingerprint density at radius 1 is 1.46 bits per heavy atom. The van der Waals surface area contributed by atoms with E-state index in [4.69, 9.17) is 21.1 Å². The maximum absolute atomic E-state index is 11.7. The summed E-state index contributed by atoms with van der Waals surface area (Å²) < 4.78 is 11.2. The number of aromatic amines is 1. The number of carbonyl (C=O) groups excluding carboxylic acids is 1. The van der Waals surface area contributed by atoms with Crippen LogP contribution in [0.4, 0.5) is 4.79 Å². The monoisotopic (exact) mass is 350 g/mol. The molecule has 1 unspecified atom stereocenters. The number of hydrogen-bond donors (Lipinski definition) is 2. The highest BCUT2D eigenvalue weighted by atomic mass is 35.5. The molecule has 2 aromatic rings. The minimum absolute atomic E-state index is 0.207. The fourth-order valence-corrected chi connectivity index (χ4v) is 2.97. The molecule has 7 heteroatoms. The number of halogens is 1. The zero-order chi connectivity index (χ0) is 17.5. The molecular formula is C17H19ClN2O4. The van der Waals surface area contributed by atoms with Crippen LogP contribution in [0.15, 0.2) is 23.0 Å². The first-order valence-electron chi connectivity index (χ1n) is 7.71. The van der Waals surface area contributed by atoms with E-state index in [1.54, 1.807) is 12.1 Å². The van der Waals surface area contributed by atoms with Gasteiger partial charge in [-0.25, -0.2) is 4.79 Å². The predicted octanol–water partition coefficient (Wildman–Crippen LogP) is 3.01. The van der Waals surface area contributed by atoms with E-state index in [1.807, 2.05) is 20.8 Å². The Hall–Kier alpha value is -2.21. The molecule has 128 valence electrons. The van der Waals surface area contributed by atoms with Crippen LogP contribution in [-0.4, -0.2) is 29.3 Å². The molecule has 6 nitrogen and oxygen atoms in total. The molecule has 1 atom stereocenters. The molecule has 3 rings (SSSR count). The molecule has 0 spiro atoms. The third-order valence-corrected chi connectivity index (χ3v) is 3.90. The summed E-state index contributed by atoms with van der Waals surface area (Å²) >= 11 is 6.25. The van der Waals surface area contributed by atoms with Gasteiger partial charge in [-0.15, -0.1) is 0 Å². The van der Waals surface area contributed by atoms with Crippen molar-refractivity contribution in [1.82, 2.24) is 10.3 Å². The second-order valence-electron chi connectivity index (χ2n) is 6.78. The van der Waals surface area contributed by atoms with Crippen LogP contribution in [0.25, 0.3) is 10.9 Å². The first-order chi connectivity index (χ1) is 11.2. The molecule has 0 radical (unpaired) electrons. The second-order valence-corrected chi connectivity index (χ2v) is 7.19. The summed E-state index contributed by atoms with van der Waals surface area (Å²) in [6, 6.07) is 4.93. The molecule has 1 aliphatic heterocycles. The van der Waals surface area contributed by atoms with Gasteiger partial charge in [-0.1, -0.05) is 11.6 Å². The number of amides is 1. The Bertz CT molecular complexity index is 854. The Morgan fingerprint density at radius 3 is 2.92 bits per heavy atom. The van der Waals surface area contributed by atoms with Crippen molar-refractivity contribution >= 4 is 28.6 Å². The number of benzene rings is 1. The quantitative estimate of drug-likeness (QED) is 0.872. The molecule has 0 bridgehead atoms. The van der Waals surface area contributed by atoms with Crippen molar-refractivity contribution in [3.63, 3.8) is 0 Å². The molecule has 0 saturated heterocycles. The number of rotatable bonds is 2. The van der Waals surface area contributed by atoms with Gasteiger partial charge in [0.15, 0.2) is 0 Å². The standard InChI is InChI=1S/C17H19ClN2O4/c1-17(2,3)24-16(22)19-8-10-6-9-7-12(18)14-11(15(9)23-10)4-5-13(21)20-14/h4-5,7,10H,6,8H2,1-3H3,(H,19,22)(H,20,21). The second kappa shape index (κ2) is 6.02. The minimum Gasteiger partial charge on any atom is -0.487 e. The molecule has 0 saturated carbocycles. The van der Waals surface area contributed by atoms with Crippen molar-refractivity contribution in [2.24, 2.45) is 0 Å². The van der Waals surface area contributed by atoms with E-state index in [2.05, 4.69) is 10.3 Å². The average Bonchev–Trinajstić information content (AvgIpc) is 2.86. The Balaban J connectivity index is 1.74. The molecule has 2 heterocycles. The number of pyridine rings is 1. The van der Waals surface area contributed by atoms with Crippen molar-refractivity contribution in [3.05, 3.63) is 39.1 Å². The number of alkyl carbamates (subject to hydrolysis) is 1. The number of hydrogen-bond acceptors (Lipinski definition) is 4. The maximum Gasteiger partial charge on any atom is 0.407 e. The third kappa shape index (κ3) is 3.48. The summed E-state index contributed by atoms with van der Waals surface area (Å²) in [6.45, 7) is 5.75. The van der Waals surface area contributed by atoms with Crippen molar-refractivity contribution in [2.45, 2.75) is 38.9 Å². The lowest BCUT2D eigenvalue weighted by Gasteiger charge is -2.20. The van der Waals surface area contributed by atoms with Gasteiger partial charge < -0.3 is 19.8 Å². The third-order valence-electron chi connectivity index (χ3n) is 3.60. The van der Waals surface area contributed by atoms with Crippen LogP contribution in [0.5, 0.6) is 5.75 Å². The van der Waals surface area contributed by atoms with Crippen LogP contribution in [0, 0.1) is 0 Å². The summed E-state index contributed by atoms with van der Waals surface area (Å²) in [5.74, 6) is 0.696. The largest absolute Gasteiger partial charge is 0.487 e. The Morgan fingerprint density at radius 2 is 2.21 bits per heavy atom. The van der Waals surface area contributed by atoms with Gasteiger partial charge >= 0.3 is 6.09 Å². The zero-order valence-corrected chi connectivity index (χ0v) is 14.5. The highest BCUT2D eigenvalue weighted by molar-refractivity contribution is 6.35. The molecule has 1 aromatic carbocycles. The van der Waals surface area contributed by atoms with Gasteiger partial charge in [0.05, 0.1) is 17.1 Å². The number of fused-ring (bicyclic) bond motifs is 3. The Kier molecular flexibility index (Phi) is 4.17.